The third-order valence-electron chi connectivity index (χ3n) is 1.09. The van der Waals surface area contributed by atoms with Gasteiger partial charge in [0.2, 0.25) is 0 Å². The van der Waals surface area contributed by atoms with Gasteiger partial charge in [0, 0.05) is 18.9 Å². The number of nitrogen functional groups attached to an aromatic ring is 1. The van der Waals surface area contributed by atoms with Crippen molar-refractivity contribution >= 4 is 30.8 Å². The summed E-state index contributed by atoms with van der Waals surface area (Å²) in [6, 6.07) is 0. The number of halogens is 2. The molecule has 0 aliphatic carbocycles. The van der Waals surface area contributed by atoms with E-state index < -0.39 is 0 Å². The first kappa shape index (κ1) is 12.3. The maximum Gasteiger partial charge on any atom is 0.200 e. The zero-order valence-electron chi connectivity index (χ0n) is 5.65. The Morgan fingerprint density at radius 1 is 1.60 bits per heavy atom. The van der Waals surface area contributed by atoms with E-state index in [1.54, 1.807) is 6.20 Å². The van der Waals surface area contributed by atoms with Gasteiger partial charge in [-0.25, -0.2) is 4.98 Å². The molecule has 0 spiro atoms. The number of imidazole rings is 1. The van der Waals surface area contributed by atoms with E-state index >= 15 is 0 Å². The van der Waals surface area contributed by atoms with Crippen LogP contribution in [0.25, 0.3) is 0 Å². The van der Waals surface area contributed by atoms with Gasteiger partial charge in [-0.3, -0.25) is 0 Å². The second kappa shape index (κ2) is 5.38. The normalized spacial score (nSPS) is 7.70. The predicted molar refractivity (Wildman–Crippen MR) is 46.8 cm³/mol. The van der Waals surface area contributed by atoms with Crippen molar-refractivity contribution in [1.29, 1.82) is 0 Å². The Balaban J connectivity index is 0. The highest BCUT2D eigenvalue weighted by atomic mass is 35.5. The monoisotopic (exact) mass is 183 g/mol. The number of aryl methyl sites for hydroxylation is 1. The second-order valence-corrected chi connectivity index (χ2v) is 1.57. The molecule has 2 N–H and O–H groups in total. The lowest BCUT2D eigenvalue weighted by atomic mass is 10.7. The highest BCUT2D eigenvalue weighted by Gasteiger charge is 1.89. The van der Waals surface area contributed by atoms with Crippen molar-refractivity contribution in [2.45, 2.75) is 13.5 Å². The Kier molecular flexibility index (Phi) is 6.61. The third kappa shape index (κ3) is 2.45. The molecule has 1 heterocycles. The van der Waals surface area contributed by atoms with E-state index in [1.165, 1.54) is 0 Å². The number of hydrogen-bond donors (Lipinski definition) is 1. The molecule has 0 atom stereocenters. The first-order valence-electron chi connectivity index (χ1n) is 2.61. The minimum absolute atomic E-state index is 0. The molecular formula is C5H11Cl2N3. The van der Waals surface area contributed by atoms with Gasteiger partial charge in [0.1, 0.15) is 0 Å². The van der Waals surface area contributed by atoms with Gasteiger partial charge in [0.05, 0.1) is 0 Å². The van der Waals surface area contributed by atoms with Crippen LogP contribution in [0, 0.1) is 0 Å². The molecule has 0 saturated heterocycles. The fourth-order valence-corrected chi connectivity index (χ4v) is 0.608. The van der Waals surface area contributed by atoms with Gasteiger partial charge >= 0.3 is 0 Å². The molecule has 0 aliphatic rings. The molecule has 1 aromatic rings. The summed E-state index contributed by atoms with van der Waals surface area (Å²) >= 11 is 0. The maximum absolute atomic E-state index is 5.40. The summed E-state index contributed by atoms with van der Waals surface area (Å²) < 4.78 is 1.88. The van der Waals surface area contributed by atoms with Crippen LogP contribution in [0.2, 0.25) is 0 Å². The van der Waals surface area contributed by atoms with Crippen molar-refractivity contribution in [2.24, 2.45) is 0 Å². The van der Waals surface area contributed by atoms with Gasteiger partial charge in [0.25, 0.3) is 0 Å². The molecular weight excluding hydrogens is 173 g/mol. The molecule has 0 bridgehead atoms. The molecule has 0 radical (unpaired) electrons. The first-order chi connectivity index (χ1) is 3.84. The summed E-state index contributed by atoms with van der Waals surface area (Å²) in [6.07, 6.45) is 3.55. The van der Waals surface area contributed by atoms with Crippen LogP contribution in [-0.2, 0) is 6.54 Å². The van der Waals surface area contributed by atoms with Gasteiger partial charge in [-0.2, -0.15) is 0 Å². The number of nitrogens with zero attached hydrogens (tertiary/aromatic N) is 2. The molecule has 5 heteroatoms. The van der Waals surface area contributed by atoms with Crippen molar-refractivity contribution in [1.82, 2.24) is 9.55 Å². The van der Waals surface area contributed by atoms with Gasteiger partial charge < -0.3 is 10.3 Å². The van der Waals surface area contributed by atoms with Crippen LogP contribution in [0.5, 0.6) is 0 Å². The first-order valence-corrected chi connectivity index (χ1v) is 2.61. The van der Waals surface area contributed by atoms with Crippen molar-refractivity contribution in [3.8, 4) is 0 Å². The molecule has 0 fully saturated rings. The molecule has 0 saturated carbocycles. The van der Waals surface area contributed by atoms with Crippen LogP contribution in [0.4, 0.5) is 5.95 Å². The molecule has 0 unspecified atom stereocenters. The van der Waals surface area contributed by atoms with Crippen LogP contribution >= 0.6 is 24.8 Å². The van der Waals surface area contributed by atoms with E-state index in [1.807, 2.05) is 17.7 Å². The van der Waals surface area contributed by atoms with Gasteiger partial charge in [0.15, 0.2) is 5.95 Å². The number of aromatic nitrogens is 2. The Hall–Kier alpha value is -0.410. The van der Waals surface area contributed by atoms with Crippen LogP contribution in [0.15, 0.2) is 12.4 Å². The standard InChI is InChI=1S/C5H9N3.2ClH/c1-2-8-4-3-7-5(8)6;;/h3-4H,2H2,1H3,(H2,6,7);2*1H. The summed E-state index contributed by atoms with van der Waals surface area (Å²) in [6.45, 7) is 2.92. The molecule has 1 rings (SSSR count). The summed E-state index contributed by atoms with van der Waals surface area (Å²) in [7, 11) is 0. The average molecular weight is 184 g/mol. The molecule has 3 nitrogen and oxygen atoms in total. The molecule has 1 aromatic heterocycles. The van der Waals surface area contributed by atoms with Crippen molar-refractivity contribution in [3.05, 3.63) is 12.4 Å². The van der Waals surface area contributed by atoms with Gasteiger partial charge in [-0.15, -0.1) is 24.8 Å². The predicted octanol–water partition coefficient (Wildman–Crippen LogP) is 1.33. The smallest absolute Gasteiger partial charge is 0.200 e. The van der Waals surface area contributed by atoms with Gasteiger partial charge in [-0.05, 0) is 6.92 Å². The quantitative estimate of drug-likeness (QED) is 0.715. The van der Waals surface area contributed by atoms with E-state index in [0.717, 1.165) is 6.54 Å². The van der Waals surface area contributed by atoms with Gasteiger partial charge in [-0.1, -0.05) is 0 Å². The Bertz CT molecular complexity index is 175. The fraction of sp³-hybridized carbons (Fsp3) is 0.400. The lowest BCUT2D eigenvalue weighted by molar-refractivity contribution is 0.774. The second-order valence-electron chi connectivity index (χ2n) is 1.57. The maximum atomic E-state index is 5.40. The highest BCUT2D eigenvalue weighted by Crippen LogP contribution is 1.95. The lowest BCUT2D eigenvalue weighted by Gasteiger charge is -1.94. The number of nitrogens with two attached hydrogens (primary N) is 1. The average Bonchev–Trinajstić information content (AvgIpc) is 2.14. The summed E-state index contributed by atoms with van der Waals surface area (Å²) in [5, 5.41) is 0. The zero-order valence-corrected chi connectivity index (χ0v) is 7.28. The zero-order chi connectivity index (χ0) is 5.98. The number of rotatable bonds is 1. The Morgan fingerprint density at radius 3 is 2.40 bits per heavy atom. The summed E-state index contributed by atoms with van der Waals surface area (Å²) in [4.78, 5) is 3.83. The van der Waals surface area contributed by atoms with E-state index in [-0.39, 0.29) is 24.8 Å². The molecule has 60 valence electrons. The Morgan fingerprint density at radius 2 is 2.20 bits per heavy atom. The molecule has 0 amide bonds. The minimum atomic E-state index is 0. The van der Waals surface area contributed by atoms with E-state index in [0.29, 0.717) is 5.95 Å². The van der Waals surface area contributed by atoms with Crippen molar-refractivity contribution in [3.63, 3.8) is 0 Å². The van der Waals surface area contributed by atoms with Crippen molar-refractivity contribution in [2.75, 3.05) is 5.73 Å². The largest absolute Gasteiger partial charge is 0.369 e. The molecule has 0 aromatic carbocycles. The highest BCUT2D eigenvalue weighted by molar-refractivity contribution is 5.85. The molecule has 0 aliphatic heterocycles. The topological polar surface area (TPSA) is 43.8 Å². The summed E-state index contributed by atoms with van der Waals surface area (Å²) in [5.74, 6) is 0.590. The third-order valence-corrected chi connectivity index (χ3v) is 1.09. The number of anilines is 1. The SMILES string of the molecule is CCn1ccnc1N.Cl.Cl. The van der Waals surface area contributed by atoms with E-state index in [4.69, 9.17) is 5.73 Å². The van der Waals surface area contributed by atoms with Crippen molar-refractivity contribution < 1.29 is 0 Å². The fourth-order valence-electron chi connectivity index (χ4n) is 0.608. The van der Waals surface area contributed by atoms with Crippen LogP contribution in [-0.4, -0.2) is 9.55 Å². The summed E-state index contributed by atoms with van der Waals surface area (Å²) in [5.41, 5.74) is 5.40. The number of hydrogen-bond acceptors (Lipinski definition) is 2. The minimum Gasteiger partial charge on any atom is -0.369 e. The van der Waals surface area contributed by atoms with E-state index in [9.17, 15) is 0 Å². The van der Waals surface area contributed by atoms with Crippen LogP contribution < -0.4 is 5.73 Å². The molecule has 10 heavy (non-hydrogen) atoms. The lowest BCUT2D eigenvalue weighted by Crippen LogP contribution is -1.98. The van der Waals surface area contributed by atoms with Crippen LogP contribution in [0.3, 0.4) is 0 Å². The Labute approximate surface area is 72.4 Å². The van der Waals surface area contributed by atoms with Crippen LogP contribution in [0.1, 0.15) is 6.92 Å². The van der Waals surface area contributed by atoms with E-state index in [2.05, 4.69) is 4.98 Å².